The fraction of sp³-hybridized carbons (Fsp3) is 0.300. The highest BCUT2D eigenvalue weighted by atomic mass is 79.9. The molecule has 3 nitrogen and oxygen atoms in total. The van der Waals surface area contributed by atoms with Gasteiger partial charge in [0.15, 0.2) is 0 Å². The van der Waals surface area contributed by atoms with Crippen LogP contribution in [-0.2, 0) is 9.53 Å². The maximum absolute atomic E-state index is 13.2. The largest absolute Gasteiger partial charge is 0.465 e. The van der Waals surface area contributed by atoms with E-state index in [1.54, 1.807) is 19.1 Å². The van der Waals surface area contributed by atoms with Gasteiger partial charge in [-0.05, 0) is 25.1 Å². The van der Waals surface area contributed by atoms with Gasteiger partial charge in [-0.25, -0.2) is 4.39 Å². The van der Waals surface area contributed by atoms with E-state index in [0.717, 1.165) is 0 Å². The lowest BCUT2D eigenvalue weighted by Gasteiger charge is -2.06. The number of rotatable bonds is 4. The number of halogens is 2. The zero-order valence-corrected chi connectivity index (χ0v) is 9.80. The summed E-state index contributed by atoms with van der Waals surface area (Å²) in [6.45, 7) is 2.01. The number of benzene rings is 1. The van der Waals surface area contributed by atoms with E-state index in [1.165, 1.54) is 6.07 Å². The molecule has 0 unspecified atom stereocenters. The van der Waals surface area contributed by atoms with E-state index in [4.69, 9.17) is 4.74 Å². The maximum Gasteiger partial charge on any atom is 0.325 e. The van der Waals surface area contributed by atoms with Gasteiger partial charge < -0.3 is 10.1 Å². The van der Waals surface area contributed by atoms with Crippen molar-refractivity contribution in [2.45, 2.75) is 6.92 Å². The Hall–Kier alpha value is -1.10. The van der Waals surface area contributed by atoms with E-state index in [9.17, 15) is 9.18 Å². The zero-order valence-electron chi connectivity index (χ0n) is 8.22. The Morgan fingerprint density at radius 3 is 2.93 bits per heavy atom. The van der Waals surface area contributed by atoms with E-state index >= 15 is 0 Å². The SMILES string of the molecule is CCOC(=O)CNc1ccc(Br)cc1F. The average Bonchev–Trinajstić information content (AvgIpc) is 2.17. The number of carbonyl (C=O) groups is 1. The number of anilines is 1. The quantitative estimate of drug-likeness (QED) is 0.859. The van der Waals surface area contributed by atoms with Crippen LogP contribution in [0.4, 0.5) is 10.1 Å². The minimum atomic E-state index is -0.409. The van der Waals surface area contributed by atoms with Crippen molar-refractivity contribution < 1.29 is 13.9 Å². The minimum absolute atomic E-state index is 0.0353. The summed E-state index contributed by atoms with van der Waals surface area (Å²) in [6.07, 6.45) is 0. The highest BCUT2D eigenvalue weighted by Gasteiger charge is 2.05. The monoisotopic (exact) mass is 275 g/mol. The normalized spacial score (nSPS) is 9.80. The lowest BCUT2D eigenvalue weighted by Crippen LogP contribution is -2.17. The number of hydrogen-bond acceptors (Lipinski definition) is 3. The third-order valence-corrected chi connectivity index (χ3v) is 2.15. The molecule has 1 aromatic carbocycles. The fourth-order valence-corrected chi connectivity index (χ4v) is 1.35. The second-order valence-electron chi connectivity index (χ2n) is 2.78. The number of esters is 1. The first-order valence-corrected chi connectivity index (χ1v) is 5.27. The van der Waals surface area contributed by atoms with Crippen LogP contribution in [0.5, 0.6) is 0 Å². The van der Waals surface area contributed by atoms with Crippen molar-refractivity contribution in [3.05, 3.63) is 28.5 Å². The Bertz CT molecular complexity index is 357. The molecule has 0 aliphatic carbocycles. The molecule has 0 saturated heterocycles. The summed E-state index contributed by atoms with van der Waals surface area (Å²) in [4.78, 5) is 11.0. The van der Waals surface area contributed by atoms with Crippen molar-refractivity contribution in [2.75, 3.05) is 18.5 Å². The molecule has 0 aliphatic heterocycles. The van der Waals surface area contributed by atoms with Gasteiger partial charge in [0.1, 0.15) is 12.4 Å². The van der Waals surface area contributed by atoms with Gasteiger partial charge in [0.05, 0.1) is 12.3 Å². The Kier molecular flexibility index (Phi) is 4.55. The van der Waals surface area contributed by atoms with Crippen molar-refractivity contribution in [1.29, 1.82) is 0 Å². The van der Waals surface area contributed by atoms with E-state index in [2.05, 4.69) is 21.2 Å². The summed E-state index contributed by atoms with van der Waals surface area (Å²) >= 11 is 3.14. The zero-order chi connectivity index (χ0) is 11.3. The van der Waals surface area contributed by atoms with Gasteiger partial charge >= 0.3 is 5.97 Å². The van der Waals surface area contributed by atoms with Gasteiger partial charge in [-0.15, -0.1) is 0 Å². The highest BCUT2D eigenvalue weighted by molar-refractivity contribution is 9.10. The molecule has 5 heteroatoms. The number of carbonyl (C=O) groups excluding carboxylic acids is 1. The Labute approximate surface area is 95.7 Å². The molecule has 0 saturated carbocycles. The van der Waals surface area contributed by atoms with Crippen LogP contribution in [0, 0.1) is 5.82 Å². The van der Waals surface area contributed by atoms with Crippen molar-refractivity contribution >= 4 is 27.6 Å². The van der Waals surface area contributed by atoms with Crippen LogP contribution < -0.4 is 5.32 Å². The summed E-state index contributed by atoms with van der Waals surface area (Å²) < 4.78 is 18.6. The third-order valence-electron chi connectivity index (χ3n) is 1.66. The van der Waals surface area contributed by atoms with E-state index < -0.39 is 11.8 Å². The number of hydrogen-bond donors (Lipinski definition) is 1. The smallest absolute Gasteiger partial charge is 0.325 e. The molecule has 0 radical (unpaired) electrons. The number of ether oxygens (including phenoxy) is 1. The van der Waals surface area contributed by atoms with Crippen molar-refractivity contribution in [3.63, 3.8) is 0 Å². The summed E-state index contributed by atoms with van der Waals surface area (Å²) in [6, 6.07) is 4.57. The second-order valence-corrected chi connectivity index (χ2v) is 3.70. The molecule has 0 bridgehead atoms. The topological polar surface area (TPSA) is 38.3 Å². The lowest BCUT2D eigenvalue weighted by atomic mass is 10.3. The van der Waals surface area contributed by atoms with Gasteiger partial charge in [-0.3, -0.25) is 4.79 Å². The maximum atomic E-state index is 13.2. The molecule has 0 fully saturated rings. The van der Waals surface area contributed by atoms with Crippen LogP contribution in [0.1, 0.15) is 6.92 Å². The third kappa shape index (κ3) is 3.87. The molecule has 82 valence electrons. The minimum Gasteiger partial charge on any atom is -0.465 e. The van der Waals surface area contributed by atoms with E-state index in [-0.39, 0.29) is 12.2 Å². The molecule has 15 heavy (non-hydrogen) atoms. The fourth-order valence-electron chi connectivity index (χ4n) is 1.01. The lowest BCUT2D eigenvalue weighted by molar-refractivity contribution is -0.140. The second kappa shape index (κ2) is 5.70. The summed E-state index contributed by atoms with van der Waals surface area (Å²) in [5.41, 5.74) is 0.284. The Balaban J connectivity index is 2.54. The molecule has 0 spiro atoms. The molecule has 0 atom stereocenters. The summed E-state index contributed by atoms with van der Waals surface area (Å²) in [5.74, 6) is -0.812. The average molecular weight is 276 g/mol. The molecule has 0 amide bonds. The number of nitrogens with one attached hydrogen (secondary N) is 1. The standard InChI is InChI=1S/C10H11BrFNO2/c1-2-15-10(14)6-13-9-4-3-7(11)5-8(9)12/h3-5,13H,2,6H2,1H3. The van der Waals surface area contributed by atoms with Crippen LogP contribution in [0.2, 0.25) is 0 Å². The summed E-state index contributed by atoms with van der Waals surface area (Å²) in [5, 5.41) is 2.65. The molecule has 1 rings (SSSR count). The first-order valence-electron chi connectivity index (χ1n) is 4.48. The van der Waals surface area contributed by atoms with Gasteiger partial charge in [0, 0.05) is 4.47 Å². The molecular formula is C10H11BrFNO2. The van der Waals surface area contributed by atoms with E-state index in [1.807, 2.05) is 0 Å². The van der Waals surface area contributed by atoms with Gasteiger partial charge in [0.2, 0.25) is 0 Å². The molecule has 0 heterocycles. The predicted octanol–water partition coefficient (Wildman–Crippen LogP) is 2.56. The van der Waals surface area contributed by atoms with Crippen molar-refractivity contribution in [1.82, 2.24) is 0 Å². The molecular weight excluding hydrogens is 265 g/mol. The van der Waals surface area contributed by atoms with E-state index in [0.29, 0.717) is 11.1 Å². The molecule has 1 N–H and O–H groups in total. The van der Waals surface area contributed by atoms with Crippen LogP contribution in [0.25, 0.3) is 0 Å². The first-order chi connectivity index (χ1) is 7.13. The van der Waals surface area contributed by atoms with Gasteiger partial charge in [0.25, 0.3) is 0 Å². The first kappa shape index (κ1) is 12.0. The molecule has 0 aliphatic rings. The van der Waals surface area contributed by atoms with Gasteiger partial charge in [-0.2, -0.15) is 0 Å². The Morgan fingerprint density at radius 2 is 2.33 bits per heavy atom. The van der Waals surface area contributed by atoms with Crippen LogP contribution in [0.15, 0.2) is 22.7 Å². The van der Waals surface area contributed by atoms with Crippen molar-refractivity contribution in [3.8, 4) is 0 Å². The summed E-state index contributed by atoms with van der Waals surface area (Å²) in [7, 11) is 0. The predicted molar refractivity (Wildman–Crippen MR) is 59.2 cm³/mol. The van der Waals surface area contributed by atoms with Crippen LogP contribution in [0.3, 0.4) is 0 Å². The molecule has 0 aromatic heterocycles. The highest BCUT2D eigenvalue weighted by Crippen LogP contribution is 2.18. The van der Waals surface area contributed by atoms with Crippen molar-refractivity contribution in [2.24, 2.45) is 0 Å². The Morgan fingerprint density at radius 1 is 1.60 bits per heavy atom. The van der Waals surface area contributed by atoms with Gasteiger partial charge in [-0.1, -0.05) is 15.9 Å². The van der Waals surface area contributed by atoms with Crippen LogP contribution in [-0.4, -0.2) is 19.1 Å². The van der Waals surface area contributed by atoms with Crippen LogP contribution >= 0.6 is 15.9 Å². The molecule has 1 aromatic rings.